The number of carbonyl (C=O) groups excluding carboxylic acids is 1. The highest BCUT2D eigenvalue weighted by Crippen LogP contribution is 2.37. The summed E-state index contributed by atoms with van der Waals surface area (Å²) in [5.41, 5.74) is 5.54. The largest absolute Gasteiger partial charge is 0.493 e. The molecule has 2 aromatic heterocycles. The Hall–Kier alpha value is -3.29. The molecule has 1 unspecified atom stereocenters. The lowest BCUT2D eigenvalue weighted by Gasteiger charge is -2.26. The van der Waals surface area contributed by atoms with Crippen molar-refractivity contribution in [3.63, 3.8) is 0 Å². The number of ether oxygens (including phenoxy) is 2. The minimum absolute atomic E-state index is 0.00859. The molecule has 0 radical (unpaired) electrons. The van der Waals surface area contributed by atoms with E-state index in [1.165, 1.54) is 0 Å². The molecule has 1 aromatic carbocycles. The second-order valence-corrected chi connectivity index (χ2v) is 8.32. The molecule has 32 heavy (non-hydrogen) atoms. The zero-order valence-electron chi connectivity index (χ0n) is 19.6. The number of methoxy groups -OCH3 is 1. The highest BCUT2D eigenvalue weighted by molar-refractivity contribution is 5.95. The molecule has 4 rings (SSSR count). The zero-order valence-corrected chi connectivity index (χ0v) is 19.6. The van der Waals surface area contributed by atoms with Gasteiger partial charge in [0.05, 0.1) is 30.1 Å². The first-order valence-electron chi connectivity index (χ1n) is 10.9. The van der Waals surface area contributed by atoms with Crippen LogP contribution in [0, 0.1) is 27.7 Å². The molecule has 0 aliphatic carbocycles. The van der Waals surface area contributed by atoms with E-state index in [1.54, 1.807) is 25.3 Å². The Kier molecular flexibility index (Phi) is 5.95. The molecule has 8 heteroatoms. The lowest BCUT2D eigenvalue weighted by atomic mass is 10.0. The van der Waals surface area contributed by atoms with E-state index < -0.39 is 0 Å². The fraction of sp³-hybridized carbons (Fsp3) is 0.458. The predicted molar refractivity (Wildman–Crippen MR) is 119 cm³/mol. The average molecular weight is 439 g/mol. The number of carbonyl (C=O) groups is 1. The predicted octanol–water partition coefficient (Wildman–Crippen LogP) is 4.21. The van der Waals surface area contributed by atoms with Crippen molar-refractivity contribution in [1.29, 1.82) is 0 Å². The number of rotatable bonds is 6. The molecule has 170 valence electrons. The van der Waals surface area contributed by atoms with E-state index in [2.05, 4.69) is 17.2 Å². The van der Waals surface area contributed by atoms with Gasteiger partial charge in [-0.1, -0.05) is 5.16 Å². The van der Waals surface area contributed by atoms with E-state index in [4.69, 9.17) is 14.0 Å². The van der Waals surface area contributed by atoms with Crippen molar-refractivity contribution < 1.29 is 18.8 Å². The fourth-order valence-electron chi connectivity index (χ4n) is 4.53. The smallest absolute Gasteiger partial charge is 0.254 e. The first-order valence-corrected chi connectivity index (χ1v) is 10.9. The number of aromatic nitrogens is 3. The Morgan fingerprint density at radius 3 is 2.59 bits per heavy atom. The maximum absolute atomic E-state index is 13.5. The molecule has 1 fully saturated rings. The summed E-state index contributed by atoms with van der Waals surface area (Å²) in [5, 5.41) is 8.50. The summed E-state index contributed by atoms with van der Waals surface area (Å²) in [7, 11) is 3.52. The minimum atomic E-state index is -0.00859. The van der Waals surface area contributed by atoms with Crippen molar-refractivity contribution in [2.24, 2.45) is 7.05 Å². The van der Waals surface area contributed by atoms with Gasteiger partial charge in [-0.15, -0.1) is 0 Å². The van der Waals surface area contributed by atoms with Gasteiger partial charge in [0.15, 0.2) is 11.5 Å². The lowest BCUT2D eigenvalue weighted by molar-refractivity contribution is 0.0734. The van der Waals surface area contributed by atoms with Crippen molar-refractivity contribution in [2.75, 3.05) is 13.7 Å². The van der Waals surface area contributed by atoms with Crippen molar-refractivity contribution >= 4 is 5.91 Å². The third kappa shape index (κ3) is 3.85. The van der Waals surface area contributed by atoms with E-state index in [-0.39, 0.29) is 11.9 Å². The quantitative estimate of drug-likeness (QED) is 0.573. The van der Waals surface area contributed by atoms with E-state index >= 15 is 0 Å². The second kappa shape index (κ2) is 8.68. The van der Waals surface area contributed by atoms with Crippen LogP contribution in [-0.4, -0.2) is 39.4 Å². The van der Waals surface area contributed by atoms with E-state index in [1.807, 2.05) is 37.4 Å². The van der Waals surface area contributed by atoms with Crippen LogP contribution in [0.15, 0.2) is 22.7 Å². The molecule has 1 atom stereocenters. The van der Waals surface area contributed by atoms with Gasteiger partial charge in [-0.05, 0) is 58.7 Å². The monoisotopic (exact) mass is 438 g/mol. The van der Waals surface area contributed by atoms with Crippen LogP contribution < -0.4 is 9.47 Å². The summed E-state index contributed by atoms with van der Waals surface area (Å²) in [6.45, 7) is 8.85. The molecule has 3 aromatic rings. The molecular formula is C24H30N4O4. The molecule has 0 spiro atoms. The molecule has 1 aliphatic rings. The van der Waals surface area contributed by atoms with Gasteiger partial charge in [0.2, 0.25) is 0 Å². The standard InChI is InChI=1S/C24H30N4O4/c1-14-19(17(4)32-26-14)13-31-21-10-9-18(12-22(21)30-6)24(29)28-11-7-8-20(28)23-15(2)25-27(5)16(23)3/h9-10,12,20H,7-8,11,13H2,1-6H3. The third-order valence-electron chi connectivity index (χ3n) is 6.38. The van der Waals surface area contributed by atoms with Gasteiger partial charge in [0, 0.05) is 30.4 Å². The number of hydrogen-bond acceptors (Lipinski definition) is 6. The molecule has 3 heterocycles. The number of nitrogens with zero attached hydrogens (tertiary/aromatic N) is 4. The van der Waals surface area contributed by atoms with Gasteiger partial charge in [-0.25, -0.2) is 0 Å². The molecule has 0 saturated carbocycles. The fourth-order valence-corrected chi connectivity index (χ4v) is 4.53. The Morgan fingerprint density at radius 1 is 1.19 bits per heavy atom. The van der Waals surface area contributed by atoms with Crippen molar-refractivity contribution in [3.8, 4) is 11.5 Å². The summed E-state index contributed by atoms with van der Waals surface area (Å²) in [6, 6.07) is 5.38. The van der Waals surface area contributed by atoms with Gasteiger partial charge < -0.3 is 18.9 Å². The third-order valence-corrected chi connectivity index (χ3v) is 6.38. The maximum atomic E-state index is 13.5. The van der Waals surface area contributed by atoms with Crippen LogP contribution in [0.4, 0.5) is 0 Å². The summed E-state index contributed by atoms with van der Waals surface area (Å²) in [4.78, 5) is 15.4. The number of benzene rings is 1. The molecule has 0 bridgehead atoms. The van der Waals surface area contributed by atoms with Gasteiger partial charge in [0.1, 0.15) is 12.4 Å². The van der Waals surface area contributed by atoms with E-state index in [0.717, 1.165) is 53.4 Å². The number of hydrogen-bond donors (Lipinski definition) is 0. The molecule has 1 aliphatic heterocycles. The lowest BCUT2D eigenvalue weighted by Crippen LogP contribution is -2.31. The van der Waals surface area contributed by atoms with Crippen molar-refractivity contribution in [3.05, 3.63) is 57.7 Å². The Balaban J connectivity index is 1.56. The molecule has 1 saturated heterocycles. The summed E-state index contributed by atoms with van der Waals surface area (Å²) in [5.74, 6) is 1.81. The van der Waals surface area contributed by atoms with Gasteiger partial charge in [0.25, 0.3) is 5.91 Å². The van der Waals surface area contributed by atoms with Crippen LogP contribution in [0.5, 0.6) is 11.5 Å². The highest BCUT2D eigenvalue weighted by Gasteiger charge is 2.34. The van der Waals surface area contributed by atoms with E-state index in [9.17, 15) is 4.79 Å². The normalized spacial score (nSPS) is 15.9. The van der Waals surface area contributed by atoms with E-state index in [0.29, 0.717) is 23.7 Å². The Bertz CT molecular complexity index is 1130. The van der Waals surface area contributed by atoms with Gasteiger partial charge in [-0.3, -0.25) is 9.48 Å². The topological polar surface area (TPSA) is 82.6 Å². The van der Waals surface area contributed by atoms with Crippen LogP contribution in [-0.2, 0) is 13.7 Å². The number of amides is 1. The first kappa shape index (κ1) is 21.9. The summed E-state index contributed by atoms with van der Waals surface area (Å²) < 4.78 is 18.6. The molecule has 1 amide bonds. The molecule has 0 N–H and O–H groups in total. The SMILES string of the molecule is COc1cc(C(=O)N2CCCC2c2c(C)nn(C)c2C)ccc1OCc1c(C)noc1C. The van der Waals surface area contributed by atoms with Gasteiger partial charge >= 0.3 is 0 Å². The summed E-state index contributed by atoms with van der Waals surface area (Å²) in [6.07, 6.45) is 1.91. The van der Waals surface area contributed by atoms with Crippen LogP contribution in [0.25, 0.3) is 0 Å². The zero-order chi connectivity index (χ0) is 23.0. The Morgan fingerprint density at radius 2 is 1.97 bits per heavy atom. The average Bonchev–Trinajstić information content (AvgIpc) is 3.44. The minimum Gasteiger partial charge on any atom is -0.493 e. The molecular weight excluding hydrogens is 408 g/mol. The second-order valence-electron chi connectivity index (χ2n) is 8.32. The Labute approximate surface area is 188 Å². The van der Waals surface area contributed by atoms with Crippen LogP contribution in [0.1, 0.15) is 63.2 Å². The number of aryl methyl sites for hydroxylation is 4. The first-order chi connectivity index (χ1) is 15.3. The maximum Gasteiger partial charge on any atom is 0.254 e. The van der Waals surface area contributed by atoms with Crippen LogP contribution in [0.2, 0.25) is 0 Å². The van der Waals surface area contributed by atoms with Crippen LogP contribution >= 0.6 is 0 Å². The number of likely N-dealkylation sites (tertiary alicyclic amines) is 1. The summed E-state index contributed by atoms with van der Waals surface area (Å²) >= 11 is 0. The highest BCUT2D eigenvalue weighted by atomic mass is 16.5. The van der Waals surface area contributed by atoms with Gasteiger partial charge in [-0.2, -0.15) is 5.10 Å². The van der Waals surface area contributed by atoms with Crippen LogP contribution in [0.3, 0.4) is 0 Å². The molecule has 8 nitrogen and oxygen atoms in total. The van der Waals surface area contributed by atoms with Crippen molar-refractivity contribution in [1.82, 2.24) is 19.8 Å². The van der Waals surface area contributed by atoms with Crippen molar-refractivity contribution in [2.45, 2.75) is 53.2 Å².